The van der Waals surface area contributed by atoms with Gasteiger partial charge in [-0.3, -0.25) is 4.79 Å². The van der Waals surface area contributed by atoms with E-state index in [0.29, 0.717) is 11.9 Å². The topological polar surface area (TPSA) is 32.3 Å². The third kappa shape index (κ3) is 4.47. The molecule has 0 bridgehead atoms. The summed E-state index contributed by atoms with van der Waals surface area (Å²) in [5.41, 5.74) is 0. The Balaban J connectivity index is 2.59. The normalized spacial score (nSPS) is 24.7. The van der Waals surface area contributed by atoms with Crippen LogP contribution in [0.15, 0.2) is 0 Å². The van der Waals surface area contributed by atoms with Gasteiger partial charge in [0.05, 0.1) is 0 Å². The zero-order valence-corrected chi connectivity index (χ0v) is 14.1. The van der Waals surface area contributed by atoms with Crippen LogP contribution in [0.4, 0.5) is 0 Å². The van der Waals surface area contributed by atoms with Crippen molar-refractivity contribution < 1.29 is 4.79 Å². The Kier molecular flexibility index (Phi) is 7.57. The van der Waals surface area contributed by atoms with Gasteiger partial charge in [0.15, 0.2) is 0 Å². The van der Waals surface area contributed by atoms with Crippen LogP contribution in [0.2, 0.25) is 0 Å². The Labute approximate surface area is 125 Å². The number of nitrogens with one attached hydrogen (secondary N) is 1. The van der Waals surface area contributed by atoms with Crippen LogP contribution < -0.4 is 5.32 Å². The summed E-state index contributed by atoms with van der Waals surface area (Å²) >= 11 is 0. The highest BCUT2D eigenvalue weighted by Crippen LogP contribution is 2.34. The number of likely N-dealkylation sites (N-methyl/N-ethyl adjacent to an activating group) is 2. The predicted octanol–water partition coefficient (Wildman–Crippen LogP) is 3.30. The molecule has 0 saturated heterocycles. The van der Waals surface area contributed by atoms with Gasteiger partial charge in [-0.25, -0.2) is 0 Å². The molecule has 1 fully saturated rings. The number of carbonyl (C=O) groups is 1. The first-order valence-electron chi connectivity index (χ1n) is 8.50. The molecule has 1 amide bonds. The van der Waals surface area contributed by atoms with Crippen LogP contribution >= 0.6 is 0 Å². The van der Waals surface area contributed by atoms with Gasteiger partial charge in [-0.15, -0.1) is 0 Å². The van der Waals surface area contributed by atoms with Gasteiger partial charge in [-0.05, 0) is 57.9 Å². The lowest BCUT2D eigenvalue weighted by molar-refractivity contribution is -0.139. The summed E-state index contributed by atoms with van der Waals surface area (Å²) in [5, 5.41) is 3.22. The molecule has 0 radical (unpaired) electrons. The minimum atomic E-state index is 0.274. The smallest absolute Gasteiger partial charge is 0.225 e. The number of nitrogens with zero attached hydrogens (tertiary/aromatic N) is 1. The van der Waals surface area contributed by atoms with Crippen molar-refractivity contribution in [3.8, 4) is 0 Å². The van der Waals surface area contributed by atoms with Gasteiger partial charge in [-0.2, -0.15) is 0 Å². The fraction of sp³-hybridized carbons (Fsp3) is 0.941. The van der Waals surface area contributed by atoms with E-state index in [1.807, 2.05) is 7.05 Å². The fourth-order valence-electron chi connectivity index (χ4n) is 3.57. The molecule has 0 unspecified atom stereocenters. The Bertz CT molecular complexity index is 283. The highest BCUT2D eigenvalue weighted by Gasteiger charge is 2.31. The molecule has 1 aliphatic rings. The lowest BCUT2D eigenvalue weighted by atomic mass is 9.76. The Hall–Kier alpha value is -0.570. The van der Waals surface area contributed by atoms with E-state index < -0.39 is 0 Å². The van der Waals surface area contributed by atoms with Crippen molar-refractivity contribution in [1.29, 1.82) is 0 Å². The number of carbonyl (C=O) groups excluding carboxylic acids is 1. The van der Waals surface area contributed by atoms with Crippen LogP contribution in [0.25, 0.3) is 0 Å². The maximum absolute atomic E-state index is 12.8. The van der Waals surface area contributed by atoms with E-state index >= 15 is 0 Å². The predicted molar refractivity (Wildman–Crippen MR) is 85.7 cm³/mol. The van der Waals surface area contributed by atoms with Gasteiger partial charge in [0.2, 0.25) is 5.91 Å². The summed E-state index contributed by atoms with van der Waals surface area (Å²) in [7, 11) is 1.97. The lowest BCUT2D eigenvalue weighted by Crippen LogP contribution is -2.47. The Morgan fingerprint density at radius 2 is 1.80 bits per heavy atom. The highest BCUT2D eigenvalue weighted by molar-refractivity contribution is 5.79. The average Bonchev–Trinajstić information content (AvgIpc) is 2.46. The molecule has 3 nitrogen and oxygen atoms in total. The van der Waals surface area contributed by atoms with Gasteiger partial charge in [-0.1, -0.05) is 20.8 Å². The molecule has 1 atom stereocenters. The second-order valence-electron chi connectivity index (χ2n) is 6.60. The van der Waals surface area contributed by atoms with E-state index in [0.717, 1.165) is 44.2 Å². The van der Waals surface area contributed by atoms with Gasteiger partial charge in [0.25, 0.3) is 0 Å². The van der Waals surface area contributed by atoms with Crippen molar-refractivity contribution in [2.75, 3.05) is 20.1 Å². The van der Waals surface area contributed by atoms with E-state index in [2.05, 4.69) is 37.9 Å². The second-order valence-corrected chi connectivity index (χ2v) is 6.60. The molecule has 0 spiro atoms. The van der Waals surface area contributed by atoms with Crippen molar-refractivity contribution in [3.63, 3.8) is 0 Å². The van der Waals surface area contributed by atoms with Gasteiger partial charge in [0.1, 0.15) is 0 Å². The van der Waals surface area contributed by atoms with E-state index in [1.54, 1.807) is 0 Å². The molecule has 118 valence electrons. The number of hydrogen-bond acceptors (Lipinski definition) is 2. The highest BCUT2D eigenvalue weighted by atomic mass is 16.2. The largest absolute Gasteiger partial charge is 0.338 e. The van der Waals surface area contributed by atoms with E-state index in [1.165, 1.54) is 12.8 Å². The molecule has 20 heavy (non-hydrogen) atoms. The number of amides is 1. The summed E-state index contributed by atoms with van der Waals surface area (Å²) in [4.78, 5) is 14.9. The summed E-state index contributed by atoms with van der Waals surface area (Å²) in [6, 6.07) is 0.348. The van der Waals surface area contributed by atoms with Crippen LogP contribution in [0, 0.1) is 17.8 Å². The summed E-state index contributed by atoms with van der Waals surface area (Å²) in [6.07, 6.45) is 5.67. The van der Waals surface area contributed by atoms with Crippen LogP contribution in [-0.2, 0) is 4.79 Å². The minimum absolute atomic E-state index is 0.274. The maximum atomic E-state index is 12.8. The van der Waals surface area contributed by atoms with Crippen molar-refractivity contribution >= 4 is 5.91 Å². The first-order chi connectivity index (χ1) is 9.54. The van der Waals surface area contributed by atoms with E-state index in [9.17, 15) is 4.79 Å². The van der Waals surface area contributed by atoms with Crippen LogP contribution in [-0.4, -0.2) is 37.0 Å². The third-order valence-electron chi connectivity index (χ3n) is 5.04. The maximum Gasteiger partial charge on any atom is 0.225 e. The minimum Gasteiger partial charge on any atom is -0.338 e. The molecule has 1 rings (SSSR count). The summed E-state index contributed by atoms with van der Waals surface area (Å²) < 4.78 is 0. The second kappa shape index (κ2) is 8.66. The number of rotatable bonds is 7. The summed E-state index contributed by atoms with van der Waals surface area (Å²) in [6.45, 7) is 10.6. The quantitative estimate of drug-likeness (QED) is 0.777. The molecule has 0 aliphatic heterocycles. The van der Waals surface area contributed by atoms with Crippen LogP contribution in [0.5, 0.6) is 0 Å². The zero-order chi connectivity index (χ0) is 15.1. The van der Waals surface area contributed by atoms with Crippen molar-refractivity contribution in [1.82, 2.24) is 10.2 Å². The van der Waals surface area contributed by atoms with Crippen LogP contribution in [0.3, 0.4) is 0 Å². The average molecular weight is 282 g/mol. The van der Waals surface area contributed by atoms with Crippen molar-refractivity contribution in [3.05, 3.63) is 0 Å². The Morgan fingerprint density at radius 3 is 2.20 bits per heavy atom. The molecule has 1 N–H and O–H groups in total. The third-order valence-corrected chi connectivity index (χ3v) is 5.04. The lowest BCUT2D eigenvalue weighted by Gasteiger charge is -2.36. The SMILES string of the molecule is CC[C@H](CNC)N(CC)C(=O)C1CCC(C(C)C)CC1. The van der Waals surface area contributed by atoms with Crippen LogP contribution in [0.1, 0.15) is 59.8 Å². The van der Waals surface area contributed by atoms with E-state index in [4.69, 9.17) is 0 Å². The first-order valence-corrected chi connectivity index (χ1v) is 8.50. The molecule has 1 aliphatic carbocycles. The molecular formula is C17H34N2O. The first kappa shape index (κ1) is 17.5. The van der Waals surface area contributed by atoms with Gasteiger partial charge >= 0.3 is 0 Å². The Morgan fingerprint density at radius 1 is 1.20 bits per heavy atom. The molecule has 0 aromatic heterocycles. The standard InChI is InChI=1S/C17H34N2O/c1-6-16(12-18-5)19(7-2)17(20)15-10-8-14(9-11-15)13(3)4/h13-16,18H,6-12H2,1-5H3/t14?,15?,16-/m1/s1. The molecule has 0 aromatic rings. The molecule has 0 aromatic carbocycles. The fourth-order valence-corrected chi connectivity index (χ4v) is 3.57. The molecule has 1 saturated carbocycles. The zero-order valence-electron chi connectivity index (χ0n) is 14.1. The summed E-state index contributed by atoms with van der Waals surface area (Å²) in [5.74, 6) is 2.27. The van der Waals surface area contributed by atoms with Crippen molar-refractivity contribution in [2.24, 2.45) is 17.8 Å². The molecule has 0 heterocycles. The van der Waals surface area contributed by atoms with Crippen molar-refractivity contribution in [2.45, 2.75) is 65.8 Å². The van der Waals surface area contributed by atoms with Gasteiger partial charge in [0, 0.05) is 25.0 Å². The number of hydrogen-bond donors (Lipinski definition) is 1. The van der Waals surface area contributed by atoms with Gasteiger partial charge < -0.3 is 10.2 Å². The van der Waals surface area contributed by atoms with E-state index in [-0.39, 0.29) is 5.92 Å². The molecular weight excluding hydrogens is 248 g/mol. The molecule has 3 heteroatoms. The monoisotopic (exact) mass is 282 g/mol.